The Morgan fingerprint density at radius 2 is 1.94 bits per heavy atom. The molecule has 0 fully saturated rings. The van der Waals surface area contributed by atoms with Crippen LogP contribution in [-0.2, 0) is 0 Å². The van der Waals surface area contributed by atoms with Gasteiger partial charge in [-0.25, -0.2) is 0 Å². The lowest BCUT2D eigenvalue weighted by atomic mass is 10.1. The number of rotatable bonds is 5. The molecule has 0 heterocycles. The smallest absolute Gasteiger partial charge is 0.259 e. The Labute approximate surface area is 101 Å². The second-order valence-corrected chi connectivity index (χ2v) is 4.19. The first-order chi connectivity index (χ1) is 8.06. The highest BCUT2D eigenvalue weighted by Crippen LogP contribution is 2.26. The minimum Gasteiger partial charge on any atom is -0.507 e. The molecule has 1 aromatic rings. The third-order valence-corrected chi connectivity index (χ3v) is 2.62. The van der Waals surface area contributed by atoms with Gasteiger partial charge in [-0.3, -0.25) is 4.79 Å². The Hall–Kier alpha value is -1.71. The Balaban J connectivity index is 2.70. The van der Waals surface area contributed by atoms with Crippen LogP contribution >= 0.6 is 0 Å². The van der Waals surface area contributed by atoms with Gasteiger partial charge in [-0.15, -0.1) is 0 Å². The zero-order valence-corrected chi connectivity index (χ0v) is 10.2. The maximum atomic E-state index is 11.8. The lowest BCUT2D eigenvalue weighted by molar-refractivity contribution is 0.0932. The van der Waals surface area contributed by atoms with Gasteiger partial charge in [0.25, 0.3) is 5.91 Å². The molecule has 1 rings (SSSR count). The predicted octanol–water partition coefficient (Wildman–Crippen LogP) is 2.41. The summed E-state index contributed by atoms with van der Waals surface area (Å²) in [6.45, 7) is 3.99. The third kappa shape index (κ3) is 3.66. The van der Waals surface area contributed by atoms with Gasteiger partial charge in [0.05, 0.1) is 0 Å². The van der Waals surface area contributed by atoms with E-state index in [1.165, 1.54) is 18.2 Å². The molecule has 3 N–H and O–H groups in total. The largest absolute Gasteiger partial charge is 0.507 e. The summed E-state index contributed by atoms with van der Waals surface area (Å²) in [6, 6.07) is 4.28. The first-order valence-electron chi connectivity index (χ1n) is 5.88. The molecule has 0 aliphatic heterocycles. The quantitative estimate of drug-likeness (QED) is 0.736. The van der Waals surface area contributed by atoms with Crippen LogP contribution in [0.4, 0.5) is 0 Å². The predicted molar refractivity (Wildman–Crippen MR) is 66.2 cm³/mol. The van der Waals surface area contributed by atoms with Crippen LogP contribution in [0.2, 0.25) is 0 Å². The number of benzene rings is 1. The number of phenols is 2. The Morgan fingerprint density at radius 3 is 2.47 bits per heavy atom. The third-order valence-electron chi connectivity index (χ3n) is 2.62. The highest BCUT2D eigenvalue weighted by atomic mass is 16.3. The van der Waals surface area contributed by atoms with E-state index in [9.17, 15) is 15.0 Å². The van der Waals surface area contributed by atoms with Crippen molar-refractivity contribution in [1.82, 2.24) is 5.32 Å². The molecule has 94 valence electrons. The maximum absolute atomic E-state index is 11.8. The van der Waals surface area contributed by atoms with E-state index >= 15 is 0 Å². The molecular formula is C13H19NO3. The number of hydrogen-bond acceptors (Lipinski definition) is 3. The standard InChI is InChI=1S/C13H19NO3/c1-3-4-6-9(2)14-13(17)12-10(15)7-5-8-11(12)16/h5,7-9,15-16H,3-4,6H2,1-2H3,(H,14,17). The van der Waals surface area contributed by atoms with Crippen molar-refractivity contribution in [1.29, 1.82) is 0 Å². The molecule has 0 radical (unpaired) electrons. The summed E-state index contributed by atoms with van der Waals surface area (Å²) in [6.07, 6.45) is 2.99. The summed E-state index contributed by atoms with van der Waals surface area (Å²) in [7, 11) is 0. The van der Waals surface area contributed by atoms with Gasteiger partial charge in [0, 0.05) is 6.04 Å². The van der Waals surface area contributed by atoms with Crippen LogP contribution in [0.25, 0.3) is 0 Å². The molecule has 0 aliphatic carbocycles. The highest BCUT2D eigenvalue weighted by Gasteiger charge is 2.17. The van der Waals surface area contributed by atoms with Crippen LogP contribution in [0.1, 0.15) is 43.5 Å². The van der Waals surface area contributed by atoms with Crippen LogP contribution in [0.3, 0.4) is 0 Å². The second-order valence-electron chi connectivity index (χ2n) is 4.19. The topological polar surface area (TPSA) is 69.6 Å². The fourth-order valence-corrected chi connectivity index (χ4v) is 1.64. The molecule has 0 saturated carbocycles. The number of amides is 1. The first-order valence-corrected chi connectivity index (χ1v) is 5.88. The van der Waals surface area contributed by atoms with E-state index in [4.69, 9.17) is 0 Å². The maximum Gasteiger partial charge on any atom is 0.259 e. The van der Waals surface area contributed by atoms with Gasteiger partial charge in [0.2, 0.25) is 0 Å². The van der Waals surface area contributed by atoms with E-state index in [0.29, 0.717) is 0 Å². The minimum absolute atomic E-state index is 0.0291. The van der Waals surface area contributed by atoms with E-state index < -0.39 is 5.91 Å². The second kappa shape index (κ2) is 6.13. The zero-order chi connectivity index (χ0) is 12.8. The molecule has 4 heteroatoms. The van der Waals surface area contributed by atoms with Gasteiger partial charge in [-0.2, -0.15) is 0 Å². The van der Waals surface area contributed by atoms with Crippen molar-refractivity contribution < 1.29 is 15.0 Å². The van der Waals surface area contributed by atoms with Crippen LogP contribution < -0.4 is 5.32 Å². The fourth-order valence-electron chi connectivity index (χ4n) is 1.64. The Kier molecular flexibility index (Phi) is 4.82. The molecule has 0 aliphatic rings. The minimum atomic E-state index is -0.441. The van der Waals surface area contributed by atoms with Crippen molar-refractivity contribution in [3.63, 3.8) is 0 Å². The summed E-state index contributed by atoms with van der Waals surface area (Å²) >= 11 is 0. The van der Waals surface area contributed by atoms with Gasteiger partial charge >= 0.3 is 0 Å². The van der Waals surface area contributed by atoms with E-state index in [-0.39, 0.29) is 23.1 Å². The molecule has 0 saturated heterocycles. The molecular weight excluding hydrogens is 218 g/mol. The molecule has 0 spiro atoms. The van der Waals surface area contributed by atoms with Crippen molar-refractivity contribution in [3.05, 3.63) is 23.8 Å². The molecule has 1 unspecified atom stereocenters. The van der Waals surface area contributed by atoms with Crippen LogP contribution in [0, 0.1) is 0 Å². The number of hydrogen-bond donors (Lipinski definition) is 3. The summed E-state index contributed by atoms with van der Waals surface area (Å²) in [5.41, 5.74) is -0.0594. The zero-order valence-electron chi connectivity index (χ0n) is 10.2. The van der Waals surface area contributed by atoms with E-state index in [0.717, 1.165) is 19.3 Å². The molecule has 0 bridgehead atoms. The number of phenolic OH excluding ortho intramolecular Hbond substituents is 2. The van der Waals surface area contributed by atoms with Crippen molar-refractivity contribution in [2.45, 2.75) is 39.2 Å². The molecule has 1 amide bonds. The van der Waals surface area contributed by atoms with Gasteiger partial charge in [-0.1, -0.05) is 25.8 Å². The highest BCUT2D eigenvalue weighted by molar-refractivity contribution is 5.99. The average molecular weight is 237 g/mol. The van der Waals surface area contributed by atoms with Crippen molar-refractivity contribution >= 4 is 5.91 Å². The summed E-state index contributed by atoms with van der Waals surface area (Å²) in [4.78, 5) is 11.8. The Bertz CT molecular complexity index is 370. The molecule has 1 aromatic carbocycles. The van der Waals surface area contributed by atoms with E-state index in [1.54, 1.807) is 0 Å². The number of unbranched alkanes of at least 4 members (excludes halogenated alkanes) is 1. The van der Waals surface area contributed by atoms with Gasteiger partial charge in [-0.05, 0) is 25.5 Å². The molecule has 17 heavy (non-hydrogen) atoms. The molecule has 1 atom stereocenters. The number of carbonyl (C=O) groups excluding carboxylic acids is 1. The van der Waals surface area contributed by atoms with Crippen molar-refractivity contribution in [2.24, 2.45) is 0 Å². The van der Waals surface area contributed by atoms with Crippen LogP contribution in [0.5, 0.6) is 11.5 Å². The summed E-state index contributed by atoms with van der Waals surface area (Å²) < 4.78 is 0. The van der Waals surface area contributed by atoms with E-state index in [1.807, 2.05) is 6.92 Å². The van der Waals surface area contributed by atoms with Gasteiger partial charge in [0.15, 0.2) is 0 Å². The SMILES string of the molecule is CCCCC(C)NC(=O)c1c(O)cccc1O. The molecule has 0 aromatic heterocycles. The van der Waals surface area contributed by atoms with Gasteiger partial charge in [0.1, 0.15) is 17.1 Å². The van der Waals surface area contributed by atoms with Crippen LogP contribution in [-0.4, -0.2) is 22.2 Å². The number of aromatic hydroxyl groups is 2. The first kappa shape index (κ1) is 13.4. The Morgan fingerprint density at radius 1 is 1.35 bits per heavy atom. The number of carbonyl (C=O) groups is 1. The normalized spacial score (nSPS) is 12.1. The van der Waals surface area contributed by atoms with Crippen molar-refractivity contribution in [3.8, 4) is 11.5 Å². The van der Waals surface area contributed by atoms with Gasteiger partial charge < -0.3 is 15.5 Å². The lowest BCUT2D eigenvalue weighted by Gasteiger charge is -2.14. The monoisotopic (exact) mass is 237 g/mol. The summed E-state index contributed by atoms with van der Waals surface area (Å²) in [5, 5.41) is 21.8. The summed E-state index contributed by atoms with van der Waals surface area (Å²) in [5.74, 6) is -0.848. The average Bonchev–Trinajstić information content (AvgIpc) is 2.26. The lowest BCUT2D eigenvalue weighted by Crippen LogP contribution is -2.32. The fraction of sp³-hybridized carbons (Fsp3) is 0.462. The van der Waals surface area contributed by atoms with Crippen LogP contribution in [0.15, 0.2) is 18.2 Å². The van der Waals surface area contributed by atoms with E-state index in [2.05, 4.69) is 12.2 Å². The number of nitrogens with one attached hydrogen (secondary N) is 1. The van der Waals surface area contributed by atoms with Crippen molar-refractivity contribution in [2.75, 3.05) is 0 Å². The molecule has 4 nitrogen and oxygen atoms in total.